The first-order valence-corrected chi connectivity index (χ1v) is 7.68. The first-order valence-electron chi connectivity index (χ1n) is 7.68. The molecule has 6 heteroatoms. The number of carbonyl (C=O) groups is 2. The lowest BCUT2D eigenvalue weighted by Gasteiger charge is -2.30. The zero-order valence-electron chi connectivity index (χ0n) is 13.0. The van der Waals surface area contributed by atoms with Crippen molar-refractivity contribution in [3.05, 3.63) is 35.3 Å². The van der Waals surface area contributed by atoms with Crippen LogP contribution in [0.1, 0.15) is 50.0 Å². The van der Waals surface area contributed by atoms with Gasteiger partial charge in [-0.1, -0.05) is 19.8 Å². The fourth-order valence-electron chi connectivity index (χ4n) is 2.69. The van der Waals surface area contributed by atoms with Crippen LogP contribution in [0.15, 0.2) is 24.4 Å². The summed E-state index contributed by atoms with van der Waals surface area (Å²) in [5.74, 6) is -0.686. The van der Waals surface area contributed by atoms with Crippen molar-refractivity contribution < 1.29 is 19.1 Å². The smallest absolute Gasteiger partial charge is 0.405 e. The summed E-state index contributed by atoms with van der Waals surface area (Å²) in [6.07, 6.45) is 4.62. The molecular weight excluding hydrogens is 284 g/mol. The predicted molar refractivity (Wildman–Crippen MR) is 79.8 cm³/mol. The van der Waals surface area contributed by atoms with Crippen molar-refractivity contribution in [3.8, 4) is 0 Å². The quantitative estimate of drug-likeness (QED) is 0.520. The second-order valence-electron chi connectivity index (χ2n) is 5.84. The highest BCUT2D eigenvalue weighted by molar-refractivity contribution is 5.89. The number of amides is 1. The average Bonchev–Trinajstić information content (AvgIpc) is 2.49. The van der Waals surface area contributed by atoms with Crippen molar-refractivity contribution in [3.63, 3.8) is 0 Å². The first-order chi connectivity index (χ1) is 10.5. The van der Waals surface area contributed by atoms with Gasteiger partial charge < -0.3 is 15.3 Å². The van der Waals surface area contributed by atoms with Crippen LogP contribution >= 0.6 is 0 Å². The molecule has 0 spiro atoms. The minimum absolute atomic E-state index is 0.128. The normalized spacial score (nSPS) is 22.6. The van der Waals surface area contributed by atoms with Gasteiger partial charge in [-0.25, -0.2) is 4.79 Å². The standard InChI is InChI=1S/C16H22N2O4/c1-11-7-3-4-8-13(11)17-15(19)12(2)22-16(20)14-9-5-6-10-18(14)21/h5-6,9-13H,3-4,7-8H2,1-2H3,(H,17,19)/t11-,12+,13+/m0/s1. The van der Waals surface area contributed by atoms with Gasteiger partial charge in [0.15, 0.2) is 12.3 Å². The van der Waals surface area contributed by atoms with E-state index in [1.807, 2.05) is 0 Å². The molecule has 1 heterocycles. The van der Waals surface area contributed by atoms with Crippen LogP contribution in [0.3, 0.4) is 0 Å². The Labute approximate surface area is 130 Å². The molecule has 22 heavy (non-hydrogen) atoms. The summed E-state index contributed by atoms with van der Waals surface area (Å²) < 4.78 is 5.51. The molecule has 2 rings (SSSR count). The van der Waals surface area contributed by atoms with Crippen LogP contribution in [-0.2, 0) is 9.53 Å². The topological polar surface area (TPSA) is 82.3 Å². The minimum atomic E-state index is -0.929. The van der Waals surface area contributed by atoms with Gasteiger partial charge >= 0.3 is 11.7 Å². The van der Waals surface area contributed by atoms with E-state index >= 15 is 0 Å². The lowest BCUT2D eigenvalue weighted by atomic mass is 9.86. The van der Waals surface area contributed by atoms with Gasteiger partial charge in [-0.2, -0.15) is 4.73 Å². The summed E-state index contributed by atoms with van der Waals surface area (Å²) in [7, 11) is 0. The Morgan fingerprint density at radius 2 is 2.09 bits per heavy atom. The zero-order valence-corrected chi connectivity index (χ0v) is 13.0. The van der Waals surface area contributed by atoms with Gasteiger partial charge in [0, 0.05) is 18.2 Å². The van der Waals surface area contributed by atoms with E-state index < -0.39 is 12.1 Å². The maximum absolute atomic E-state index is 12.1. The average molecular weight is 306 g/mol. The van der Waals surface area contributed by atoms with E-state index in [0.717, 1.165) is 19.3 Å². The molecule has 0 saturated heterocycles. The van der Waals surface area contributed by atoms with Crippen molar-refractivity contribution in [2.24, 2.45) is 5.92 Å². The Balaban J connectivity index is 1.91. The molecular formula is C16H22N2O4. The lowest BCUT2D eigenvalue weighted by molar-refractivity contribution is -0.608. The summed E-state index contributed by atoms with van der Waals surface area (Å²) in [4.78, 5) is 24.0. The van der Waals surface area contributed by atoms with E-state index in [2.05, 4.69) is 12.2 Å². The van der Waals surface area contributed by atoms with Crippen molar-refractivity contribution in [2.75, 3.05) is 0 Å². The van der Waals surface area contributed by atoms with E-state index in [9.17, 15) is 14.8 Å². The number of hydrogen-bond donors (Lipinski definition) is 1. The molecule has 1 aromatic rings. The molecule has 1 aliphatic carbocycles. The van der Waals surface area contributed by atoms with Gasteiger partial charge in [0.2, 0.25) is 0 Å². The van der Waals surface area contributed by atoms with Crippen LogP contribution in [0, 0.1) is 11.1 Å². The number of carbonyl (C=O) groups excluding carboxylic acids is 2. The highest BCUT2D eigenvalue weighted by Gasteiger charge is 2.28. The Morgan fingerprint density at radius 1 is 1.36 bits per heavy atom. The largest absolute Gasteiger partial charge is 0.618 e. The number of aromatic nitrogens is 1. The summed E-state index contributed by atoms with van der Waals surface area (Å²) in [6.45, 7) is 3.63. The molecule has 6 nitrogen and oxygen atoms in total. The number of nitrogens with one attached hydrogen (secondary N) is 1. The van der Waals surface area contributed by atoms with Crippen LogP contribution < -0.4 is 10.0 Å². The number of pyridine rings is 1. The summed E-state index contributed by atoms with van der Waals surface area (Å²) in [5.41, 5.74) is -0.131. The SMILES string of the molecule is C[C@@H](OC(=O)c1cccc[n+]1[O-])C(=O)N[C@@H]1CCCC[C@@H]1C. The first kappa shape index (κ1) is 16.3. The molecule has 0 radical (unpaired) electrons. The Hall–Kier alpha value is -2.11. The van der Waals surface area contributed by atoms with Gasteiger partial charge in [-0.3, -0.25) is 4.79 Å². The van der Waals surface area contributed by atoms with E-state index in [1.165, 1.54) is 31.7 Å². The van der Waals surface area contributed by atoms with Crippen molar-refractivity contribution in [2.45, 2.75) is 51.7 Å². The minimum Gasteiger partial charge on any atom is -0.618 e. The summed E-state index contributed by atoms with van der Waals surface area (Å²) >= 11 is 0. The highest BCUT2D eigenvalue weighted by atomic mass is 16.6. The zero-order chi connectivity index (χ0) is 16.1. The second-order valence-corrected chi connectivity index (χ2v) is 5.84. The van der Waals surface area contributed by atoms with Gasteiger partial charge in [0.05, 0.1) is 0 Å². The molecule has 120 valence electrons. The molecule has 0 unspecified atom stereocenters. The van der Waals surface area contributed by atoms with Crippen LogP contribution in [0.2, 0.25) is 0 Å². The van der Waals surface area contributed by atoms with E-state index in [1.54, 1.807) is 6.07 Å². The second kappa shape index (κ2) is 7.24. The molecule has 1 amide bonds. The Morgan fingerprint density at radius 3 is 2.77 bits per heavy atom. The third-order valence-electron chi connectivity index (χ3n) is 4.13. The fraction of sp³-hybridized carbons (Fsp3) is 0.562. The van der Waals surface area contributed by atoms with Crippen molar-refractivity contribution in [1.82, 2.24) is 5.32 Å². The molecule has 1 aliphatic rings. The third kappa shape index (κ3) is 3.96. The van der Waals surface area contributed by atoms with Crippen LogP contribution in [-0.4, -0.2) is 24.0 Å². The predicted octanol–water partition coefficient (Wildman–Crippen LogP) is 1.56. The van der Waals surface area contributed by atoms with Gasteiger partial charge in [-0.05, 0) is 31.7 Å². The molecule has 1 fully saturated rings. The van der Waals surface area contributed by atoms with Crippen LogP contribution in [0.5, 0.6) is 0 Å². The maximum atomic E-state index is 12.1. The fourth-order valence-corrected chi connectivity index (χ4v) is 2.69. The molecule has 1 saturated carbocycles. The number of esters is 1. The van der Waals surface area contributed by atoms with E-state index in [0.29, 0.717) is 10.6 Å². The molecule has 1 N–H and O–H groups in total. The summed E-state index contributed by atoms with van der Waals surface area (Å²) in [6, 6.07) is 4.58. The van der Waals surface area contributed by atoms with Gasteiger partial charge in [-0.15, -0.1) is 0 Å². The number of nitrogens with zero attached hydrogens (tertiary/aromatic N) is 1. The molecule has 1 aromatic heterocycles. The van der Waals surface area contributed by atoms with Crippen LogP contribution in [0.4, 0.5) is 0 Å². The maximum Gasteiger partial charge on any atom is 0.405 e. The van der Waals surface area contributed by atoms with Crippen LogP contribution in [0.25, 0.3) is 0 Å². The van der Waals surface area contributed by atoms with Gasteiger partial charge in [0.25, 0.3) is 5.91 Å². The monoisotopic (exact) mass is 306 g/mol. The van der Waals surface area contributed by atoms with E-state index in [-0.39, 0.29) is 17.6 Å². The van der Waals surface area contributed by atoms with Crippen molar-refractivity contribution >= 4 is 11.9 Å². The third-order valence-corrected chi connectivity index (χ3v) is 4.13. The van der Waals surface area contributed by atoms with E-state index in [4.69, 9.17) is 4.74 Å². The lowest BCUT2D eigenvalue weighted by Crippen LogP contribution is -2.46. The van der Waals surface area contributed by atoms with Crippen molar-refractivity contribution in [1.29, 1.82) is 0 Å². The Bertz CT molecular complexity index is 547. The highest BCUT2D eigenvalue weighted by Crippen LogP contribution is 2.23. The summed E-state index contributed by atoms with van der Waals surface area (Å²) in [5, 5.41) is 14.4. The number of hydrogen-bond acceptors (Lipinski definition) is 4. The number of rotatable bonds is 4. The molecule has 0 bridgehead atoms. The Kier molecular flexibility index (Phi) is 5.35. The molecule has 0 aromatic carbocycles. The molecule has 0 aliphatic heterocycles. The number of ether oxygens (including phenoxy) is 1. The molecule has 3 atom stereocenters. The van der Waals surface area contributed by atoms with Gasteiger partial charge in [0.1, 0.15) is 0 Å².